The molecule has 0 saturated carbocycles. The van der Waals surface area contributed by atoms with Crippen LogP contribution in [-0.2, 0) is 6.54 Å². The zero-order valence-electron chi connectivity index (χ0n) is 27.8. The van der Waals surface area contributed by atoms with Gasteiger partial charge in [0.15, 0.2) is 0 Å². The van der Waals surface area contributed by atoms with E-state index in [1.807, 2.05) is 11.9 Å². The van der Waals surface area contributed by atoms with Gasteiger partial charge in [-0.3, -0.25) is 19.2 Å². The molecule has 1 aliphatic heterocycles. The van der Waals surface area contributed by atoms with Crippen molar-refractivity contribution in [3.05, 3.63) is 73.9 Å². The number of ether oxygens (including phenoxy) is 1. The molecule has 0 radical (unpaired) electrons. The molecule has 5 aromatic rings. The second-order valence-corrected chi connectivity index (χ2v) is 13.8. The summed E-state index contributed by atoms with van der Waals surface area (Å²) < 4.78 is 35.5. The minimum atomic E-state index is -2.78. The number of benzene rings is 1. The molecule has 0 aliphatic carbocycles. The molecule has 1 saturated heterocycles. The molecular weight excluding hydrogens is 688 g/mol. The summed E-state index contributed by atoms with van der Waals surface area (Å²) in [6, 6.07) is 9.04. The Bertz CT molecular complexity index is 2220. The number of hydrogen-bond acceptors (Lipinski definition) is 10. The van der Waals surface area contributed by atoms with Gasteiger partial charge in [0, 0.05) is 60.8 Å². The van der Waals surface area contributed by atoms with Gasteiger partial charge in [0.1, 0.15) is 41.1 Å². The van der Waals surface area contributed by atoms with Crippen LogP contribution in [0.15, 0.2) is 40.6 Å². The molecule has 15 heteroatoms. The number of thiophene rings is 1. The van der Waals surface area contributed by atoms with Crippen molar-refractivity contribution in [2.24, 2.45) is 0 Å². The SMILES string of the molecule is Cc1nc(N(C)C2CCN(CC(C)(F)F)CC2)c(C#N)c2c(=O)n(CCOc3ccc(Cl)cc3-c3ccnc4c(C(=O)O)csc34)c(C)nc12. The van der Waals surface area contributed by atoms with Gasteiger partial charge < -0.3 is 14.7 Å². The van der Waals surface area contributed by atoms with Crippen LogP contribution < -0.4 is 15.2 Å². The van der Waals surface area contributed by atoms with E-state index in [4.69, 9.17) is 21.3 Å². The molecule has 0 bridgehead atoms. The van der Waals surface area contributed by atoms with Gasteiger partial charge in [0.05, 0.1) is 39.9 Å². The third-order valence-corrected chi connectivity index (χ3v) is 10.2. The molecule has 260 valence electrons. The summed E-state index contributed by atoms with van der Waals surface area (Å²) in [6.07, 6.45) is 2.75. The molecule has 1 aliphatic rings. The van der Waals surface area contributed by atoms with E-state index >= 15 is 0 Å². The summed E-state index contributed by atoms with van der Waals surface area (Å²) in [5.41, 5.74) is 2.37. The molecule has 1 N–H and O–H groups in total. The number of carboxylic acids is 1. The van der Waals surface area contributed by atoms with Gasteiger partial charge >= 0.3 is 5.97 Å². The second-order valence-electron chi connectivity index (χ2n) is 12.5. The molecule has 0 spiro atoms. The van der Waals surface area contributed by atoms with Gasteiger partial charge in [0.25, 0.3) is 11.5 Å². The van der Waals surface area contributed by atoms with Crippen LogP contribution in [0.3, 0.4) is 0 Å². The minimum Gasteiger partial charge on any atom is -0.491 e. The average molecular weight is 722 g/mol. The molecule has 6 rings (SSSR count). The van der Waals surface area contributed by atoms with Gasteiger partial charge in [-0.05, 0) is 51.0 Å². The van der Waals surface area contributed by atoms with E-state index in [0.29, 0.717) is 80.9 Å². The van der Waals surface area contributed by atoms with E-state index in [1.54, 1.807) is 48.4 Å². The van der Waals surface area contributed by atoms with Crippen LogP contribution in [0.1, 0.15) is 47.2 Å². The van der Waals surface area contributed by atoms with Crippen LogP contribution in [0.2, 0.25) is 5.02 Å². The Morgan fingerprint density at radius 3 is 2.62 bits per heavy atom. The minimum absolute atomic E-state index is 0.0534. The fourth-order valence-electron chi connectivity index (χ4n) is 6.56. The van der Waals surface area contributed by atoms with Gasteiger partial charge in [-0.25, -0.2) is 23.5 Å². The number of aromatic nitrogens is 4. The number of aryl methyl sites for hydroxylation is 2. The number of hydrogen-bond donors (Lipinski definition) is 1. The lowest BCUT2D eigenvalue weighted by molar-refractivity contribution is -0.0198. The van der Waals surface area contributed by atoms with Crippen molar-refractivity contribution < 1.29 is 23.4 Å². The topological polar surface area (TPSA) is 137 Å². The number of piperidine rings is 1. The molecule has 50 heavy (non-hydrogen) atoms. The van der Waals surface area contributed by atoms with Crippen molar-refractivity contribution in [2.45, 2.75) is 52.1 Å². The third kappa shape index (κ3) is 6.85. The third-order valence-electron chi connectivity index (χ3n) is 8.99. The second kappa shape index (κ2) is 13.9. The van der Waals surface area contributed by atoms with E-state index in [1.165, 1.54) is 22.1 Å². The van der Waals surface area contributed by atoms with E-state index in [0.717, 1.165) is 6.92 Å². The van der Waals surface area contributed by atoms with Crippen LogP contribution in [0.5, 0.6) is 5.75 Å². The van der Waals surface area contributed by atoms with Gasteiger partial charge in [0.2, 0.25) is 0 Å². The predicted molar refractivity (Wildman–Crippen MR) is 189 cm³/mol. The lowest BCUT2D eigenvalue weighted by Crippen LogP contribution is -2.46. The van der Waals surface area contributed by atoms with Gasteiger partial charge in [-0.1, -0.05) is 11.6 Å². The molecule has 0 atom stereocenters. The molecule has 5 heterocycles. The van der Waals surface area contributed by atoms with Crippen molar-refractivity contribution in [1.29, 1.82) is 5.26 Å². The summed E-state index contributed by atoms with van der Waals surface area (Å²) in [4.78, 5) is 43.1. The fourth-order valence-corrected chi connectivity index (χ4v) is 7.76. The molecule has 1 aromatic carbocycles. The van der Waals surface area contributed by atoms with Crippen LogP contribution in [-0.4, -0.2) is 80.7 Å². The first-order chi connectivity index (χ1) is 23.8. The Hall–Kier alpha value is -4.71. The van der Waals surface area contributed by atoms with Crippen molar-refractivity contribution in [3.63, 3.8) is 0 Å². The van der Waals surface area contributed by atoms with E-state index in [-0.39, 0.29) is 42.3 Å². The maximum absolute atomic E-state index is 14.1. The van der Waals surface area contributed by atoms with Crippen molar-refractivity contribution in [2.75, 3.05) is 38.2 Å². The summed E-state index contributed by atoms with van der Waals surface area (Å²) in [5.74, 6) is -2.59. The summed E-state index contributed by atoms with van der Waals surface area (Å²) in [6.45, 7) is 5.22. The quantitative estimate of drug-likeness (QED) is 0.169. The average Bonchev–Trinajstić information content (AvgIpc) is 3.51. The highest BCUT2D eigenvalue weighted by Crippen LogP contribution is 2.39. The number of likely N-dealkylation sites (tertiary alicyclic amines) is 1. The van der Waals surface area contributed by atoms with Crippen LogP contribution >= 0.6 is 22.9 Å². The number of nitriles is 1. The summed E-state index contributed by atoms with van der Waals surface area (Å²) in [5, 5.41) is 22.1. The predicted octanol–water partition coefficient (Wildman–Crippen LogP) is 6.54. The highest BCUT2D eigenvalue weighted by molar-refractivity contribution is 7.18. The first kappa shape index (κ1) is 35.1. The molecule has 0 unspecified atom stereocenters. The molecule has 11 nitrogen and oxygen atoms in total. The van der Waals surface area contributed by atoms with Crippen molar-refractivity contribution >= 4 is 55.8 Å². The van der Waals surface area contributed by atoms with Crippen molar-refractivity contribution in [1.82, 2.24) is 24.4 Å². The van der Waals surface area contributed by atoms with E-state index in [2.05, 4.69) is 16.0 Å². The maximum atomic E-state index is 14.1. The highest BCUT2D eigenvalue weighted by atomic mass is 35.5. The Labute approximate surface area is 295 Å². The zero-order chi connectivity index (χ0) is 35.9. The number of pyridine rings is 2. The number of rotatable bonds is 10. The first-order valence-corrected chi connectivity index (χ1v) is 17.2. The number of alkyl halides is 2. The number of nitrogens with zero attached hydrogens (tertiary/aromatic N) is 7. The first-order valence-electron chi connectivity index (χ1n) is 15.9. The number of carbonyl (C=O) groups is 1. The number of carboxylic acid groups (broad SMARTS) is 1. The Balaban J connectivity index is 1.28. The van der Waals surface area contributed by atoms with Crippen LogP contribution in [0.25, 0.3) is 32.2 Å². The standard InChI is InChI=1S/C35H34ClF2N7O4S/c1-19-29-28(25(16-39)32(41-19)43(4)22-8-11-44(12-9-22)18-35(3,37)38)33(46)45(20(2)42-29)13-14-49-27-6-5-21(36)15-24(27)23-7-10-40-30-26(34(47)48)17-50-31(23)30/h5-7,10,15,17,22H,8-9,11-14,18H2,1-4H3,(H,47,48). The van der Waals surface area contributed by atoms with Gasteiger partial charge in [-0.2, -0.15) is 5.26 Å². The molecular formula is C35H34ClF2N7O4S. The highest BCUT2D eigenvalue weighted by Gasteiger charge is 2.31. The van der Waals surface area contributed by atoms with Crippen LogP contribution in [0, 0.1) is 25.2 Å². The van der Waals surface area contributed by atoms with Crippen LogP contribution in [0.4, 0.5) is 14.6 Å². The number of aromatic carboxylic acids is 1. The zero-order valence-corrected chi connectivity index (χ0v) is 29.4. The van der Waals surface area contributed by atoms with E-state index < -0.39 is 17.5 Å². The largest absolute Gasteiger partial charge is 0.491 e. The molecule has 1 fully saturated rings. The van der Waals surface area contributed by atoms with E-state index in [9.17, 15) is 28.7 Å². The Morgan fingerprint density at radius 1 is 1.20 bits per heavy atom. The van der Waals surface area contributed by atoms with Crippen molar-refractivity contribution in [3.8, 4) is 22.9 Å². The number of fused-ring (bicyclic) bond motifs is 2. The Morgan fingerprint density at radius 2 is 1.94 bits per heavy atom. The Kier molecular flexibility index (Phi) is 9.76. The monoisotopic (exact) mass is 721 g/mol. The summed E-state index contributed by atoms with van der Waals surface area (Å²) in [7, 11) is 1.82. The lowest BCUT2D eigenvalue weighted by atomic mass is 10.0. The molecule has 0 amide bonds. The maximum Gasteiger partial charge on any atom is 0.338 e. The molecule has 4 aromatic heterocycles. The number of halogens is 3. The summed E-state index contributed by atoms with van der Waals surface area (Å²) >= 11 is 7.64. The van der Waals surface area contributed by atoms with Gasteiger partial charge in [-0.15, -0.1) is 11.3 Å². The number of anilines is 1. The lowest BCUT2D eigenvalue weighted by Gasteiger charge is -2.38. The fraction of sp³-hybridized carbons (Fsp3) is 0.371. The smallest absolute Gasteiger partial charge is 0.338 e. The normalized spacial score (nSPS) is 14.3.